The number of hydrogen-bond donors (Lipinski definition) is 0. The summed E-state index contributed by atoms with van der Waals surface area (Å²) in [7, 11) is 6.90. The molecule has 1 unspecified atom stereocenters. The first-order valence-electron chi connectivity index (χ1n) is 5.02. The first-order chi connectivity index (χ1) is 6.65. The van der Waals surface area contributed by atoms with Gasteiger partial charge in [0.25, 0.3) is 0 Å². The van der Waals surface area contributed by atoms with E-state index in [9.17, 15) is 4.79 Å². The van der Waals surface area contributed by atoms with E-state index in [2.05, 4.69) is 7.05 Å². The van der Waals surface area contributed by atoms with Crippen molar-refractivity contribution in [2.75, 3.05) is 27.2 Å². The van der Waals surface area contributed by atoms with Crippen LogP contribution in [0.4, 0.5) is 0 Å². The monoisotopic (exact) mass is 290 g/mol. The molecule has 1 rings (SSSR count). The molecule has 0 aromatic heterocycles. The van der Waals surface area contributed by atoms with Gasteiger partial charge < -0.3 is 4.90 Å². The first kappa shape index (κ1) is 17.9. The van der Waals surface area contributed by atoms with Crippen LogP contribution in [0.25, 0.3) is 0 Å². The van der Waals surface area contributed by atoms with Crippen molar-refractivity contribution in [1.82, 2.24) is 9.96 Å². The third kappa shape index (κ3) is 5.95. The van der Waals surface area contributed by atoms with Gasteiger partial charge in [-0.05, 0) is 19.5 Å². The Morgan fingerprint density at radius 3 is 2.40 bits per heavy atom. The molecular formula is C10H21N2O2Y-. The second-order valence-electron chi connectivity index (χ2n) is 3.08. The van der Waals surface area contributed by atoms with Gasteiger partial charge in [0.15, 0.2) is 0 Å². The molecule has 87 valence electrons. The third-order valence-electron chi connectivity index (χ3n) is 2.21. The number of nitrogens with zero attached hydrogens (tertiary/aromatic N) is 2. The Bertz CT molecular complexity index is 179. The predicted octanol–water partition coefficient (Wildman–Crippen LogP) is 1.14. The molecule has 0 N–H and O–H groups in total. The molecule has 1 radical (unpaired) electrons. The zero-order valence-electron chi connectivity index (χ0n) is 10.2. The molecule has 1 heterocycles. The van der Waals surface area contributed by atoms with Crippen LogP contribution in [-0.4, -0.2) is 43.1 Å². The maximum atomic E-state index is 11.5. The standard InChI is InChI=1S/C8H15N2O2.C2H6.Y/c1-9-5-4-7(6-9)8(11)10(2)12-3;1-2;/h7H,1,4-6H2,2-3H3;1-2H3;/q-1;;. The minimum absolute atomic E-state index is 0. The van der Waals surface area contributed by atoms with Crippen LogP contribution < -0.4 is 0 Å². The van der Waals surface area contributed by atoms with Gasteiger partial charge in [-0.15, -0.1) is 0 Å². The molecule has 5 heteroatoms. The topological polar surface area (TPSA) is 32.8 Å². The summed E-state index contributed by atoms with van der Waals surface area (Å²) in [4.78, 5) is 18.2. The van der Waals surface area contributed by atoms with Gasteiger partial charge in [-0.2, -0.15) is 0 Å². The third-order valence-corrected chi connectivity index (χ3v) is 2.21. The Morgan fingerprint density at radius 1 is 1.53 bits per heavy atom. The van der Waals surface area contributed by atoms with Gasteiger partial charge in [-0.25, -0.2) is 5.06 Å². The fourth-order valence-corrected chi connectivity index (χ4v) is 1.38. The average molecular weight is 290 g/mol. The first-order valence-corrected chi connectivity index (χ1v) is 5.02. The van der Waals surface area contributed by atoms with Gasteiger partial charge in [-0.1, -0.05) is 13.8 Å². The number of carbonyl (C=O) groups excluding carboxylic acids is 1. The van der Waals surface area contributed by atoms with Crippen LogP contribution in [0, 0.1) is 13.0 Å². The molecular weight excluding hydrogens is 269 g/mol. The number of hydrogen-bond acceptors (Lipinski definition) is 3. The van der Waals surface area contributed by atoms with E-state index < -0.39 is 0 Å². The van der Waals surface area contributed by atoms with Crippen LogP contribution >= 0.6 is 0 Å². The van der Waals surface area contributed by atoms with Crippen LogP contribution in [0.1, 0.15) is 20.3 Å². The number of amides is 1. The van der Waals surface area contributed by atoms with Gasteiger partial charge in [0.05, 0.1) is 13.0 Å². The molecule has 1 aliphatic rings. The summed E-state index contributed by atoms with van der Waals surface area (Å²) < 4.78 is 0. The van der Waals surface area contributed by atoms with Crippen molar-refractivity contribution in [3.63, 3.8) is 0 Å². The zero-order chi connectivity index (χ0) is 11.1. The molecule has 1 atom stereocenters. The number of carbonyl (C=O) groups is 1. The second kappa shape index (κ2) is 9.70. The molecule has 15 heavy (non-hydrogen) atoms. The van der Waals surface area contributed by atoms with Gasteiger partial charge in [0.1, 0.15) is 0 Å². The van der Waals surface area contributed by atoms with Gasteiger partial charge in [0.2, 0.25) is 5.91 Å². The molecule has 1 fully saturated rings. The van der Waals surface area contributed by atoms with Crippen molar-refractivity contribution >= 4 is 5.91 Å². The molecule has 1 saturated heterocycles. The van der Waals surface area contributed by atoms with Gasteiger partial charge in [-0.3, -0.25) is 16.7 Å². The van der Waals surface area contributed by atoms with Gasteiger partial charge in [0, 0.05) is 39.8 Å². The minimum atomic E-state index is 0. The molecule has 0 bridgehead atoms. The van der Waals surface area contributed by atoms with E-state index in [4.69, 9.17) is 4.84 Å². The van der Waals surface area contributed by atoms with Crippen LogP contribution in [0.2, 0.25) is 0 Å². The summed E-state index contributed by atoms with van der Waals surface area (Å²) in [6, 6.07) is 0. The minimum Gasteiger partial charge on any atom is -0.459 e. The molecule has 0 aromatic carbocycles. The SMILES string of the molecule is CC.[CH2-]N1CCC(C(=O)N(C)OC)C1.[Y]. The largest absolute Gasteiger partial charge is 0.459 e. The zero-order valence-corrected chi connectivity index (χ0v) is 13.0. The fraction of sp³-hybridized carbons (Fsp3) is 0.800. The molecule has 0 spiro atoms. The number of rotatable bonds is 2. The Balaban J connectivity index is 0. The molecule has 1 aliphatic heterocycles. The van der Waals surface area contributed by atoms with E-state index in [-0.39, 0.29) is 44.5 Å². The van der Waals surface area contributed by atoms with E-state index in [0.29, 0.717) is 0 Å². The maximum absolute atomic E-state index is 11.5. The average Bonchev–Trinajstić information content (AvgIpc) is 2.65. The van der Waals surface area contributed by atoms with Crippen molar-refractivity contribution in [3.05, 3.63) is 7.05 Å². The molecule has 0 saturated carbocycles. The smallest absolute Gasteiger partial charge is 0.250 e. The van der Waals surface area contributed by atoms with Crippen molar-refractivity contribution in [2.24, 2.45) is 5.92 Å². The van der Waals surface area contributed by atoms with Crippen molar-refractivity contribution in [2.45, 2.75) is 20.3 Å². The normalized spacial score (nSPS) is 19.9. The number of hydroxylamine groups is 2. The summed E-state index contributed by atoms with van der Waals surface area (Å²) in [6.07, 6.45) is 0.885. The van der Waals surface area contributed by atoms with E-state index in [1.807, 2.05) is 18.7 Å². The molecule has 0 aromatic rings. The summed E-state index contributed by atoms with van der Waals surface area (Å²) in [6.45, 7) is 5.64. The van der Waals surface area contributed by atoms with E-state index in [1.54, 1.807) is 7.05 Å². The van der Waals surface area contributed by atoms with E-state index in [1.165, 1.54) is 12.2 Å². The summed E-state index contributed by atoms with van der Waals surface area (Å²) in [5.41, 5.74) is 0. The quantitative estimate of drug-likeness (QED) is 0.565. The second-order valence-corrected chi connectivity index (χ2v) is 3.08. The number of likely N-dealkylation sites (tertiary alicyclic amines) is 1. The van der Waals surface area contributed by atoms with E-state index in [0.717, 1.165) is 19.5 Å². The summed E-state index contributed by atoms with van der Waals surface area (Å²) >= 11 is 0. The van der Waals surface area contributed by atoms with Crippen LogP contribution in [0.15, 0.2) is 0 Å². The van der Waals surface area contributed by atoms with Crippen LogP contribution in [-0.2, 0) is 42.3 Å². The fourth-order valence-electron chi connectivity index (χ4n) is 1.38. The van der Waals surface area contributed by atoms with Crippen molar-refractivity contribution in [1.29, 1.82) is 0 Å². The Morgan fingerprint density at radius 2 is 2.07 bits per heavy atom. The molecule has 1 amide bonds. The summed E-state index contributed by atoms with van der Waals surface area (Å²) in [5.74, 6) is 0.108. The van der Waals surface area contributed by atoms with Crippen LogP contribution in [0.5, 0.6) is 0 Å². The predicted molar refractivity (Wildman–Crippen MR) is 56.2 cm³/mol. The van der Waals surface area contributed by atoms with Crippen molar-refractivity contribution < 1.29 is 42.3 Å². The Kier molecular flexibility index (Phi) is 11.6. The maximum Gasteiger partial charge on any atom is 0.250 e. The van der Waals surface area contributed by atoms with Crippen LogP contribution in [0.3, 0.4) is 0 Å². The van der Waals surface area contributed by atoms with Crippen molar-refractivity contribution in [3.8, 4) is 0 Å². The molecule has 4 nitrogen and oxygen atoms in total. The Labute approximate surface area is 118 Å². The summed E-state index contributed by atoms with van der Waals surface area (Å²) in [5, 5.41) is 1.28. The van der Waals surface area contributed by atoms with Gasteiger partial charge >= 0.3 is 0 Å². The van der Waals surface area contributed by atoms with E-state index >= 15 is 0 Å². The molecule has 0 aliphatic carbocycles. The Hall–Kier alpha value is 0.494.